The number of nitrogens with one attached hydrogen (secondary N) is 3. The van der Waals surface area contributed by atoms with E-state index in [1.165, 1.54) is 4.90 Å². The highest BCUT2D eigenvalue weighted by Crippen LogP contribution is 2.34. The first-order chi connectivity index (χ1) is 18.3. The molecule has 0 radical (unpaired) electrons. The molecule has 3 aliphatic heterocycles. The van der Waals surface area contributed by atoms with Crippen molar-refractivity contribution in [3.63, 3.8) is 0 Å². The van der Waals surface area contributed by atoms with Crippen molar-refractivity contribution in [3.8, 4) is 0 Å². The van der Waals surface area contributed by atoms with Gasteiger partial charge in [-0.25, -0.2) is 4.79 Å². The molecule has 212 valence electrons. The van der Waals surface area contributed by atoms with Crippen LogP contribution in [0.4, 0.5) is 4.79 Å². The summed E-state index contributed by atoms with van der Waals surface area (Å²) in [5.74, 6) is 1.47. The van der Waals surface area contributed by atoms with Crippen molar-refractivity contribution >= 4 is 53.9 Å². The molecule has 0 bridgehead atoms. The Hall–Kier alpha value is -1.75. The monoisotopic (exact) mass is 566 g/mol. The van der Waals surface area contributed by atoms with Gasteiger partial charge in [0.1, 0.15) is 5.78 Å². The van der Waals surface area contributed by atoms with E-state index in [1.54, 1.807) is 0 Å². The first-order valence-electron chi connectivity index (χ1n) is 14.3. The number of Topliss-reactive ketones (excluding diaryl/α,β-unsaturated/α-hetero) is 1. The number of thiol groups is 1. The van der Waals surface area contributed by atoms with Gasteiger partial charge in [-0.2, -0.15) is 24.4 Å². The molecule has 4 atom stereocenters. The normalized spacial score (nSPS) is 30.8. The molecule has 0 aromatic carbocycles. The summed E-state index contributed by atoms with van der Waals surface area (Å²) in [5.41, 5.74) is 0. The molecule has 2 unspecified atom stereocenters. The first kappa shape index (κ1) is 29.2. The molecule has 0 aromatic heterocycles. The van der Waals surface area contributed by atoms with Crippen molar-refractivity contribution in [2.45, 2.75) is 106 Å². The fraction of sp³-hybridized carbons (Fsp3) is 0.815. The van der Waals surface area contributed by atoms with Crippen molar-refractivity contribution in [3.05, 3.63) is 0 Å². The second kappa shape index (κ2) is 14.1. The summed E-state index contributed by atoms with van der Waals surface area (Å²) >= 11 is 6.09. The van der Waals surface area contributed by atoms with Crippen LogP contribution in [-0.2, 0) is 19.2 Å². The number of unbranched alkanes of at least 4 members (excludes halogenated alkanes) is 3. The lowest BCUT2D eigenvalue weighted by Crippen LogP contribution is -2.37. The molecule has 4 aliphatic rings. The number of amides is 5. The quantitative estimate of drug-likeness (QED) is 0.111. The Labute approximate surface area is 235 Å². The Morgan fingerprint density at radius 2 is 1.74 bits per heavy atom. The van der Waals surface area contributed by atoms with Crippen LogP contribution in [0.1, 0.15) is 83.5 Å². The molecule has 4 fully saturated rings. The van der Waals surface area contributed by atoms with Crippen LogP contribution in [0.5, 0.6) is 0 Å². The second-order valence-corrected chi connectivity index (χ2v) is 13.2. The van der Waals surface area contributed by atoms with Gasteiger partial charge in [-0.15, -0.1) is 0 Å². The van der Waals surface area contributed by atoms with Crippen molar-refractivity contribution < 1.29 is 24.0 Å². The van der Waals surface area contributed by atoms with Gasteiger partial charge < -0.3 is 16.0 Å². The Bertz CT molecular complexity index is 895. The third-order valence-electron chi connectivity index (χ3n) is 8.47. The molecule has 38 heavy (non-hydrogen) atoms. The lowest BCUT2D eigenvalue weighted by Gasteiger charge is -2.30. The Morgan fingerprint density at radius 3 is 2.47 bits per heavy atom. The minimum Gasteiger partial charge on any atom is -0.356 e. The minimum atomic E-state index is -0.495. The van der Waals surface area contributed by atoms with Crippen molar-refractivity contribution in [1.29, 1.82) is 0 Å². The lowest BCUT2D eigenvalue weighted by atomic mass is 9.79. The molecule has 3 N–H and O–H groups in total. The predicted molar refractivity (Wildman–Crippen MR) is 150 cm³/mol. The fourth-order valence-corrected chi connectivity index (χ4v) is 8.02. The van der Waals surface area contributed by atoms with E-state index in [2.05, 4.69) is 28.6 Å². The summed E-state index contributed by atoms with van der Waals surface area (Å²) in [6.45, 7) is 1.12. The maximum atomic E-state index is 12.6. The van der Waals surface area contributed by atoms with Crippen LogP contribution in [0.15, 0.2) is 0 Å². The molecular formula is C27H42N4O5S2. The SMILES string of the molecule is O=C(CCCCC1SC[C@@H]2NC(=O)N[C@H]12)NCCCCCC(=O)C1CCC(CN2C(=O)CC(S)C2=O)CC1. The summed E-state index contributed by atoms with van der Waals surface area (Å²) in [6, 6.07) is 0.415. The lowest BCUT2D eigenvalue weighted by molar-refractivity contribution is -0.139. The van der Waals surface area contributed by atoms with Crippen LogP contribution in [0.3, 0.4) is 0 Å². The number of hydrogen-bond donors (Lipinski definition) is 4. The molecule has 0 spiro atoms. The number of ketones is 1. The van der Waals surface area contributed by atoms with Gasteiger partial charge in [0.15, 0.2) is 0 Å². The molecule has 0 aromatic rings. The van der Waals surface area contributed by atoms with Crippen molar-refractivity contribution in [1.82, 2.24) is 20.9 Å². The van der Waals surface area contributed by atoms with Gasteiger partial charge in [0.2, 0.25) is 17.7 Å². The number of rotatable bonds is 14. The van der Waals surface area contributed by atoms with E-state index in [-0.39, 0.29) is 54.1 Å². The number of imide groups is 1. The van der Waals surface area contributed by atoms with Gasteiger partial charge in [-0.1, -0.05) is 12.8 Å². The van der Waals surface area contributed by atoms with E-state index in [4.69, 9.17) is 0 Å². The topological polar surface area (TPSA) is 125 Å². The Kier molecular flexibility index (Phi) is 10.8. The highest BCUT2D eigenvalue weighted by molar-refractivity contribution is 8.00. The first-order valence-corrected chi connectivity index (χ1v) is 15.9. The maximum Gasteiger partial charge on any atom is 0.315 e. The minimum absolute atomic E-state index is 0.0589. The highest BCUT2D eigenvalue weighted by atomic mass is 32.2. The van der Waals surface area contributed by atoms with Crippen LogP contribution in [0, 0.1) is 11.8 Å². The number of carbonyl (C=O) groups is 5. The molecule has 3 heterocycles. The number of carbonyl (C=O) groups excluding carboxylic acids is 5. The van der Waals surface area contributed by atoms with E-state index < -0.39 is 5.25 Å². The smallest absolute Gasteiger partial charge is 0.315 e. The van der Waals surface area contributed by atoms with Gasteiger partial charge >= 0.3 is 6.03 Å². The Morgan fingerprint density at radius 1 is 0.974 bits per heavy atom. The summed E-state index contributed by atoms with van der Waals surface area (Å²) in [5, 5.41) is 8.90. The fourth-order valence-electron chi connectivity index (χ4n) is 6.18. The summed E-state index contributed by atoms with van der Waals surface area (Å²) in [7, 11) is 0. The van der Waals surface area contributed by atoms with Gasteiger partial charge in [0, 0.05) is 49.3 Å². The van der Waals surface area contributed by atoms with E-state index >= 15 is 0 Å². The number of fused-ring (bicyclic) bond motifs is 1. The third kappa shape index (κ3) is 7.90. The molecule has 5 amide bonds. The number of nitrogens with zero attached hydrogens (tertiary/aromatic N) is 1. The van der Waals surface area contributed by atoms with Crippen LogP contribution in [-0.4, -0.2) is 75.9 Å². The standard InChI is InChI=1S/C27H42N4O5S2/c32-20(18-11-9-17(10-12-18)15-31-24(34)14-21(37)26(31)35)6-2-1-5-13-28-23(33)8-4-3-7-22-25-19(16-38-22)29-27(36)30-25/h17-19,21-22,25,37H,1-16H2,(H,28,33)(H2,29,30,36)/t17?,18?,19-,21?,22?,25-/m0/s1. The van der Waals surface area contributed by atoms with E-state index in [0.717, 1.165) is 70.0 Å². The zero-order valence-corrected chi connectivity index (χ0v) is 23.8. The van der Waals surface area contributed by atoms with Crippen LogP contribution in [0.25, 0.3) is 0 Å². The van der Waals surface area contributed by atoms with E-state index in [0.29, 0.717) is 37.0 Å². The van der Waals surface area contributed by atoms with Gasteiger partial charge in [0.25, 0.3) is 0 Å². The largest absolute Gasteiger partial charge is 0.356 e. The highest BCUT2D eigenvalue weighted by Gasteiger charge is 2.42. The average Bonchev–Trinajstić information content (AvgIpc) is 3.52. The zero-order valence-electron chi connectivity index (χ0n) is 22.1. The number of urea groups is 1. The Balaban J connectivity index is 0.975. The van der Waals surface area contributed by atoms with Crippen molar-refractivity contribution in [2.24, 2.45) is 11.8 Å². The molecule has 1 saturated carbocycles. The summed E-state index contributed by atoms with van der Waals surface area (Å²) in [4.78, 5) is 61.6. The molecule has 9 nitrogen and oxygen atoms in total. The van der Waals surface area contributed by atoms with Crippen LogP contribution >= 0.6 is 24.4 Å². The van der Waals surface area contributed by atoms with Crippen molar-refractivity contribution in [2.75, 3.05) is 18.8 Å². The van der Waals surface area contributed by atoms with Gasteiger partial charge in [0.05, 0.1) is 17.3 Å². The van der Waals surface area contributed by atoms with E-state index in [1.807, 2.05) is 11.8 Å². The van der Waals surface area contributed by atoms with Gasteiger partial charge in [-0.3, -0.25) is 24.1 Å². The number of hydrogen-bond acceptors (Lipinski definition) is 7. The molecule has 4 rings (SSSR count). The molecular weight excluding hydrogens is 524 g/mol. The maximum absolute atomic E-state index is 12.6. The molecule has 1 aliphatic carbocycles. The predicted octanol–water partition coefficient (Wildman–Crippen LogP) is 2.82. The zero-order chi connectivity index (χ0) is 27.1. The number of thioether (sulfide) groups is 1. The average molecular weight is 567 g/mol. The van der Waals surface area contributed by atoms with Crippen LogP contribution < -0.4 is 16.0 Å². The molecule has 11 heteroatoms. The van der Waals surface area contributed by atoms with E-state index in [9.17, 15) is 24.0 Å². The van der Waals surface area contributed by atoms with Gasteiger partial charge in [-0.05, 0) is 57.3 Å². The number of likely N-dealkylation sites (tertiary alicyclic amines) is 1. The van der Waals surface area contributed by atoms with Crippen LogP contribution in [0.2, 0.25) is 0 Å². The summed E-state index contributed by atoms with van der Waals surface area (Å²) < 4.78 is 0. The second-order valence-electron chi connectivity index (χ2n) is 11.3. The third-order valence-corrected chi connectivity index (χ3v) is 10.4. The summed E-state index contributed by atoms with van der Waals surface area (Å²) in [6.07, 6.45) is 10.3. The molecule has 3 saturated heterocycles.